The third-order valence-electron chi connectivity index (χ3n) is 3.22. The second-order valence-electron chi connectivity index (χ2n) is 4.38. The lowest BCUT2D eigenvalue weighted by atomic mass is 10.00. The predicted octanol–water partition coefficient (Wildman–Crippen LogP) is 3.36. The Morgan fingerprint density at radius 2 is 2.35 bits per heavy atom. The molecular weight excluding hydrogens is 239 g/mol. The molecule has 4 heteroatoms. The van der Waals surface area contributed by atoms with Crippen LogP contribution in [-0.4, -0.2) is 16.6 Å². The number of furan rings is 1. The lowest BCUT2D eigenvalue weighted by Crippen LogP contribution is -2.10. The minimum atomic E-state index is -0.614. The molecule has 17 heavy (non-hydrogen) atoms. The number of hydrogen-bond donors (Lipinski definition) is 1. The normalized spacial score (nSPS) is 22.1. The minimum absolute atomic E-state index is 0.226. The molecule has 0 radical (unpaired) electrons. The van der Waals surface area contributed by atoms with Crippen molar-refractivity contribution in [3.63, 3.8) is 0 Å². The van der Waals surface area contributed by atoms with Crippen LogP contribution in [0, 0.1) is 11.7 Å². The van der Waals surface area contributed by atoms with Crippen molar-refractivity contribution in [1.29, 1.82) is 0 Å². The quantitative estimate of drug-likeness (QED) is 0.889. The van der Waals surface area contributed by atoms with Crippen molar-refractivity contribution in [2.45, 2.75) is 12.5 Å². The number of benzene rings is 1. The van der Waals surface area contributed by atoms with Gasteiger partial charge in [-0.05, 0) is 30.1 Å². The predicted molar refractivity (Wildman–Crippen MR) is 66.6 cm³/mol. The summed E-state index contributed by atoms with van der Waals surface area (Å²) in [4.78, 5) is 0. The first-order valence-corrected chi connectivity index (χ1v) is 6.85. The second kappa shape index (κ2) is 4.35. The van der Waals surface area contributed by atoms with Gasteiger partial charge in [-0.15, -0.1) is 0 Å². The third-order valence-corrected chi connectivity index (χ3v) is 4.41. The minimum Gasteiger partial charge on any atom is -0.455 e. The molecule has 2 aromatic rings. The molecule has 1 aromatic carbocycles. The van der Waals surface area contributed by atoms with E-state index in [0.717, 1.165) is 17.9 Å². The summed E-state index contributed by atoms with van der Waals surface area (Å²) in [5, 5.41) is 10.9. The summed E-state index contributed by atoms with van der Waals surface area (Å²) < 4.78 is 18.9. The van der Waals surface area contributed by atoms with Crippen LogP contribution < -0.4 is 0 Å². The first-order chi connectivity index (χ1) is 8.25. The Kier molecular flexibility index (Phi) is 2.84. The van der Waals surface area contributed by atoms with Crippen LogP contribution in [0.3, 0.4) is 0 Å². The summed E-state index contributed by atoms with van der Waals surface area (Å²) in [7, 11) is 0. The Morgan fingerprint density at radius 1 is 1.47 bits per heavy atom. The van der Waals surface area contributed by atoms with Gasteiger partial charge in [-0.1, -0.05) is 12.1 Å². The summed E-state index contributed by atoms with van der Waals surface area (Å²) in [5.74, 6) is 2.36. The fraction of sp³-hybridized carbons (Fsp3) is 0.385. The average Bonchev–Trinajstić information content (AvgIpc) is 2.98. The lowest BCUT2D eigenvalue weighted by molar-refractivity contribution is 0.0992. The Morgan fingerprint density at radius 3 is 3.06 bits per heavy atom. The van der Waals surface area contributed by atoms with Crippen molar-refractivity contribution < 1.29 is 13.9 Å². The highest BCUT2D eigenvalue weighted by atomic mass is 32.2. The Labute approximate surface area is 103 Å². The number of para-hydroxylation sites is 1. The maximum Gasteiger partial charge on any atom is 0.170 e. The Hall–Kier alpha value is -1.000. The van der Waals surface area contributed by atoms with Crippen LogP contribution in [0.15, 0.2) is 28.7 Å². The SMILES string of the molecule is OC(c1cc2cccc(F)c2o1)C1CCSC1. The number of hydrogen-bond acceptors (Lipinski definition) is 3. The van der Waals surface area contributed by atoms with E-state index in [2.05, 4.69) is 0 Å². The van der Waals surface area contributed by atoms with E-state index < -0.39 is 6.10 Å². The highest BCUT2D eigenvalue weighted by Gasteiger charge is 2.27. The van der Waals surface area contributed by atoms with E-state index in [1.54, 1.807) is 18.2 Å². The number of rotatable bonds is 2. The summed E-state index contributed by atoms with van der Waals surface area (Å²) in [6.07, 6.45) is 0.377. The molecule has 1 aromatic heterocycles. The first-order valence-electron chi connectivity index (χ1n) is 5.69. The van der Waals surface area contributed by atoms with Crippen LogP contribution >= 0.6 is 11.8 Å². The van der Waals surface area contributed by atoms with E-state index in [1.165, 1.54) is 6.07 Å². The van der Waals surface area contributed by atoms with Crippen molar-refractivity contribution in [1.82, 2.24) is 0 Å². The van der Waals surface area contributed by atoms with E-state index in [1.807, 2.05) is 11.8 Å². The second-order valence-corrected chi connectivity index (χ2v) is 5.53. The average molecular weight is 252 g/mol. The molecular formula is C13H13FO2S. The fourth-order valence-corrected chi connectivity index (χ4v) is 3.52. The van der Waals surface area contributed by atoms with Gasteiger partial charge in [0.1, 0.15) is 11.9 Å². The smallest absolute Gasteiger partial charge is 0.170 e. The summed E-state index contributed by atoms with van der Waals surface area (Å²) in [6.45, 7) is 0. The highest BCUT2D eigenvalue weighted by molar-refractivity contribution is 7.99. The number of fused-ring (bicyclic) bond motifs is 1. The number of aliphatic hydroxyl groups excluding tert-OH is 1. The van der Waals surface area contributed by atoms with Gasteiger partial charge in [-0.2, -0.15) is 11.8 Å². The number of aliphatic hydroxyl groups is 1. The lowest BCUT2D eigenvalue weighted by Gasteiger charge is -2.13. The van der Waals surface area contributed by atoms with Crippen LogP contribution in [0.5, 0.6) is 0 Å². The standard InChI is InChI=1S/C13H13FO2S/c14-10-3-1-2-8-6-11(16-13(8)10)12(15)9-4-5-17-7-9/h1-3,6,9,12,15H,4-5,7H2. The van der Waals surface area contributed by atoms with Crippen LogP contribution in [0.1, 0.15) is 18.3 Å². The molecule has 2 atom stereocenters. The molecule has 2 unspecified atom stereocenters. The van der Waals surface area contributed by atoms with Crippen LogP contribution in [0.25, 0.3) is 11.0 Å². The van der Waals surface area contributed by atoms with Gasteiger partial charge in [0.2, 0.25) is 0 Å². The van der Waals surface area contributed by atoms with Gasteiger partial charge in [0.15, 0.2) is 11.4 Å². The van der Waals surface area contributed by atoms with Crippen LogP contribution in [0.2, 0.25) is 0 Å². The van der Waals surface area contributed by atoms with E-state index in [0.29, 0.717) is 11.1 Å². The van der Waals surface area contributed by atoms with E-state index >= 15 is 0 Å². The zero-order valence-corrected chi connectivity index (χ0v) is 10.0. The molecule has 0 aliphatic carbocycles. The molecule has 1 saturated heterocycles. The molecule has 2 heterocycles. The van der Waals surface area contributed by atoms with Crippen LogP contribution in [-0.2, 0) is 0 Å². The monoisotopic (exact) mass is 252 g/mol. The van der Waals surface area contributed by atoms with Crippen molar-refractivity contribution in [3.05, 3.63) is 35.8 Å². The van der Waals surface area contributed by atoms with Gasteiger partial charge in [0.25, 0.3) is 0 Å². The number of halogens is 1. The van der Waals surface area contributed by atoms with E-state index in [-0.39, 0.29) is 17.3 Å². The van der Waals surface area contributed by atoms with Crippen molar-refractivity contribution in [2.24, 2.45) is 5.92 Å². The van der Waals surface area contributed by atoms with Crippen molar-refractivity contribution in [2.75, 3.05) is 11.5 Å². The summed E-state index contributed by atoms with van der Waals surface area (Å²) >= 11 is 1.84. The van der Waals surface area contributed by atoms with Crippen LogP contribution in [0.4, 0.5) is 4.39 Å². The third kappa shape index (κ3) is 1.96. The summed E-state index contributed by atoms with van der Waals surface area (Å²) in [6, 6.07) is 6.55. The molecule has 1 fully saturated rings. The van der Waals surface area contributed by atoms with Gasteiger partial charge in [0.05, 0.1) is 0 Å². The molecule has 1 aliphatic rings. The maximum atomic E-state index is 13.5. The summed E-state index contributed by atoms with van der Waals surface area (Å²) in [5.41, 5.74) is 0.243. The van der Waals surface area contributed by atoms with Gasteiger partial charge in [0, 0.05) is 11.3 Å². The Balaban J connectivity index is 1.97. The molecule has 0 spiro atoms. The molecule has 2 nitrogen and oxygen atoms in total. The zero-order chi connectivity index (χ0) is 11.8. The van der Waals surface area contributed by atoms with Gasteiger partial charge in [-0.3, -0.25) is 0 Å². The molecule has 0 saturated carbocycles. The van der Waals surface area contributed by atoms with Gasteiger partial charge in [-0.25, -0.2) is 4.39 Å². The molecule has 3 rings (SSSR count). The number of thioether (sulfide) groups is 1. The Bertz CT molecular complexity index is 531. The molecule has 90 valence electrons. The molecule has 1 aliphatic heterocycles. The maximum absolute atomic E-state index is 13.5. The van der Waals surface area contributed by atoms with E-state index in [4.69, 9.17) is 4.42 Å². The van der Waals surface area contributed by atoms with Crippen molar-refractivity contribution in [3.8, 4) is 0 Å². The van der Waals surface area contributed by atoms with Crippen molar-refractivity contribution >= 4 is 22.7 Å². The van der Waals surface area contributed by atoms with Gasteiger partial charge < -0.3 is 9.52 Å². The largest absolute Gasteiger partial charge is 0.455 e. The topological polar surface area (TPSA) is 33.4 Å². The van der Waals surface area contributed by atoms with Gasteiger partial charge >= 0.3 is 0 Å². The first kappa shape index (κ1) is 11.1. The molecule has 1 N–H and O–H groups in total. The fourth-order valence-electron chi connectivity index (χ4n) is 2.23. The highest BCUT2D eigenvalue weighted by Crippen LogP contribution is 2.36. The zero-order valence-electron chi connectivity index (χ0n) is 9.23. The van der Waals surface area contributed by atoms with E-state index in [9.17, 15) is 9.50 Å². The molecule has 0 amide bonds. The molecule has 0 bridgehead atoms.